The quantitative estimate of drug-likeness (QED) is 0.680. The van der Waals surface area contributed by atoms with E-state index in [0.717, 1.165) is 5.56 Å². The van der Waals surface area contributed by atoms with Crippen LogP contribution in [0.3, 0.4) is 0 Å². The summed E-state index contributed by atoms with van der Waals surface area (Å²) in [6.45, 7) is 4.94. The smallest absolute Gasteiger partial charge is 0.321 e. The van der Waals surface area contributed by atoms with Crippen LogP contribution in [0.1, 0.15) is 32.8 Å². The zero-order chi connectivity index (χ0) is 19.7. The van der Waals surface area contributed by atoms with Crippen LogP contribution in [0.5, 0.6) is 11.5 Å². The second kappa shape index (κ2) is 10.3. The van der Waals surface area contributed by atoms with E-state index in [0.29, 0.717) is 17.9 Å². The minimum atomic E-state index is -1.06. The number of carbonyl (C=O) groups is 3. The highest BCUT2D eigenvalue weighted by molar-refractivity contribution is 5.97. The number of rotatable bonds is 8. The molecule has 1 rings (SSSR count). The average molecular weight is 366 g/mol. The molecule has 0 saturated carbocycles. The van der Waals surface area contributed by atoms with Crippen molar-refractivity contribution in [3.8, 4) is 11.5 Å². The van der Waals surface area contributed by atoms with Gasteiger partial charge < -0.3 is 19.5 Å². The van der Waals surface area contributed by atoms with Crippen LogP contribution in [0, 0.1) is 0 Å². The van der Waals surface area contributed by atoms with E-state index in [2.05, 4.69) is 10.6 Å². The number of hydrogen-bond acceptors (Lipinski definition) is 6. The number of hydrogen-bond donors (Lipinski definition) is 2. The summed E-state index contributed by atoms with van der Waals surface area (Å²) in [5.74, 6) is -0.0413. The van der Waals surface area contributed by atoms with Crippen molar-refractivity contribution in [2.75, 3.05) is 14.2 Å². The molecule has 0 aliphatic heterocycles. The van der Waals surface area contributed by atoms with E-state index >= 15 is 0 Å². The Bertz CT molecular complexity index is 645. The Morgan fingerprint density at radius 3 is 2.27 bits per heavy atom. The van der Waals surface area contributed by atoms with Crippen LogP contribution in [-0.2, 0) is 20.7 Å². The van der Waals surface area contributed by atoms with Crippen molar-refractivity contribution in [1.82, 2.24) is 10.6 Å². The predicted octanol–water partition coefficient (Wildman–Crippen LogP) is 1.80. The van der Waals surface area contributed by atoms with Gasteiger partial charge in [0.25, 0.3) is 5.91 Å². The summed E-state index contributed by atoms with van der Waals surface area (Å²) in [6, 6.07) is 4.61. The molecule has 0 unspecified atom stereocenters. The molecule has 8 heteroatoms. The first-order valence-corrected chi connectivity index (χ1v) is 8.28. The fraction of sp³-hybridized carbons (Fsp3) is 0.500. The first kappa shape index (κ1) is 21.3. The lowest BCUT2D eigenvalue weighted by Crippen LogP contribution is -2.46. The van der Waals surface area contributed by atoms with Crippen LogP contribution < -0.4 is 20.1 Å². The molecule has 144 valence electrons. The monoisotopic (exact) mass is 366 g/mol. The van der Waals surface area contributed by atoms with Crippen molar-refractivity contribution in [3.05, 3.63) is 23.8 Å². The van der Waals surface area contributed by atoms with E-state index in [1.807, 2.05) is 6.07 Å². The molecule has 0 aliphatic carbocycles. The van der Waals surface area contributed by atoms with Crippen LogP contribution in [0.25, 0.3) is 0 Å². The molecule has 2 N–H and O–H groups in total. The topological polar surface area (TPSA) is 103 Å². The van der Waals surface area contributed by atoms with Gasteiger partial charge >= 0.3 is 12.0 Å². The van der Waals surface area contributed by atoms with Crippen LogP contribution in [0.15, 0.2) is 18.2 Å². The predicted molar refractivity (Wildman–Crippen MR) is 95.2 cm³/mol. The SMILES string of the molecule is COc1ccc(CCC(=O)O[C@H](C)C(=O)NC(=O)NC(C)C)cc1OC. The number of esters is 1. The standard InChI is InChI=1S/C18H26N2O6/c1-11(2)19-18(23)20-17(22)12(3)26-16(21)9-7-13-6-8-14(24-4)15(10-13)25-5/h6,8,10-12H,7,9H2,1-5H3,(H2,19,20,22,23)/t12-/m1/s1. The molecule has 3 amide bonds. The summed E-state index contributed by atoms with van der Waals surface area (Å²) >= 11 is 0. The number of nitrogens with one attached hydrogen (secondary N) is 2. The van der Waals surface area contributed by atoms with Crippen LogP contribution in [-0.4, -0.2) is 44.3 Å². The number of amides is 3. The Labute approximate surface area is 153 Å². The molecule has 0 aromatic heterocycles. The van der Waals surface area contributed by atoms with Gasteiger partial charge in [0.15, 0.2) is 17.6 Å². The molecule has 0 fully saturated rings. The molecule has 0 bridgehead atoms. The van der Waals surface area contributed by atoms with E-state index < -0.39 is 24.0 Å². The number of methoxy groups -OCH3 is 2. The summed E-state index contributed by atoms with van der Waals surface area (Å²) in [7, 11) is 3.08. The van der Waals surface area contributed by atoms with E-state index in [9.17, 15) is 14.4 Å². The van der Waals surface area contributed by atoms with Crippen molar-refractivity contribution in [1.29, 1.82) is 0 Å². The fourth-order valence-corrected chi connectivity index (χ4v) is 2.10. The van der Waals surface area contributed by atoms with Crippen molar-refractivity contribution in [2.45, 2.75) is 45.8 Å². The highest BCUT2D eigenvalue weighted by Gasteiger charge is 2.20. The van der Waals surface area contributed by atoms with Crippen LogP contribution >= 0.6 is 0 Å². The fourth-order valence-electron chi connectivity index (χ4n) is 2.10. The Morgan fingerprint density at radius 2 is 1.69 bits per heavy atom. The highest BCUT2D eigenvalue weighted by Crippen LogP contribution is 2.27. The van der Waals surface area contributed by atoms with Gasteiger partial charge in [-0.3, -0.25) is 14.9 Å². The minimum absolute atomic E-state index is 0.0886. The molecule has 0 spiro atoms. The zero-order valence-corrected chi connectivity index (χ0v) is 15.8. The lowest BCUT2D eigenvalue weighted by Gasteiger charge is -2.14. The first-order chi connectivity index (χ1) is 12.3. The number of imide groups is 1. The molecule has 1 atom stereocenters. The van der Waals surface area contributed by atoms with Gasteiger partial charge in [-0.1, -0.05) is 6.07 Å². The van der Waals surface area contributed by atoms with Crippen LogP contribution in [0.2, 0.25) is 0 Å². The van der Waals surface area contributed by atoms with Gasteiger partial charge in [0.2, 0.25) is 0 Å². The maximum Gasteiger partial charge on any atom is 0.321 e. The average Bonchev–Trinajstić information content (AvgIpc) is 2.58. The number of ether oxygens (including phenoxy) is 3. The van der Waals surface area contributed by atoms with Gasteiger partial charge in [-0.25, -0.2) is 4.79 Å². The molecular formula is C18H26N2O6. The first-order valence-electron chi connectivity index (χ1n) is 8.28. The summed E-state index contributed by atoms with van der Waals surface area (Å²) in [5, 5.41) is 4.64. The second-order valence-corrected chi connectivity index (χ2v) is 5.94. The maximum absolute atomic E-state index is 11.9. The Balaban J connectivity index is 2.48. The van der Waals surface area contributed by atoms with E-state index in [-0.39, 0.29) is 12.5 Å². The maximum atomic E-state index is 11.9. The number of aryl methyl sites for hydroxylation is 1. The molecule has 8 nitrogen and oxygen atoms in total. The van der Waals surface area contributed by atoms with Crippen molar-refractivity contribution >= 4 is 17.9 Å². The van der Waals surface area contributed by atoms with Gasteiger partial charge in [-0.15, -0.1) is 0 Å². The summed E-state index contributed by atoms with van der Waals surface area (Å²) in [4.78, 5) is 35.2. The Morgan fingerprint density at radius 1 is 1.04 bits per heavy atom. The highest BCUT2D eigenvalue weighted by atomic mass is 16.5. The third-order valence-corrected chi connectivity index (χ3v) is 3.40. The second-order valence-electron chi connectivity index (χ2n) is 5.94. The van der Waals surface area contributed by atoms with Gasteiger partial charge in [0.1, 0.15) is 0 Å². The third-order valence-electron chi connectivity index (χ3n) is 3.40. The van der Waals surface area contributed by atoms with Crippen molar-refractivity contribution in [3.63, 3.8) is 0 Å². The zero-order valence-electron chi connectivity index (χ0n) is 15.8. The molecule has 0 saturated heterocycles. The van der Waals surface area contributed by atoms with E-state index in [4.69, 9.17) is 14.2 Å². The minimum Gasteiger partial charge on any atom is -0.493 e. The summed E-state index contributed by atoms with van der Waals surface area (Å²) in [6.07, 6.45) is -0.557. The van der Waals surface area contributed by atoms with E-state index in [1.165, 1.54) is 14.0 Å². The number of benzene rings is 1. The lowest BCUT2D eigenvalue weighted by molar-refractivity contribution is -0.154. The van der Waals surface area contributed by atoms with Gasteiger partial charge in [0, 0.05) is 12.5 Å². The molecule has 0 heterocycles. The normalized spacial score (nSPS) is 11.5. The largest absolute Gasteiger partial charge is 0.493 e. The summed E-state index contributed by atoms with van der Waals surface area (Å²) < 4.78 is 15.4. The molecule has 0 radical (unpaired) electrons. The van der Waals surface area contributed by atoms with Crippen molar-refractivity contribution in [2.24, 2.45) is 0 Å². The van der Waals surface area contributed by atoms with Crippen molar-refractivity contribution < 1.29 is 28.6 Å². The molecule has 1 aromatic carbocycles. The number of urea groups is 1. The van der Waals surface area contributed by atoms with Gasteiger partial charge in [-0.2, -0.15) is 0 Å². The van der Waals surface area contributed by atoms with Crippen LogP contribution in [0.4, 0.5) is 4.79 Å². The van der Waals surface area contributed by atoms with Gasteiger partial charge in [-0.05, 0) is 44.9 Å². The van der Waals surface area contributed by atoms with E-state index in [1.54, 1.807) is 33.1 Å². The Kier molecular flexibility index (Phi) is 8.41. The van der Waals surface area contributed by atoms with Gasteiger partial charge in [0.05, 0.1) is 14.2 Å². The number of carbonyl (C=O) groups excluding carboxylic acids is 3. The molecule has 0 aliphatic rings. The molecular weight excluding hydrogens is 340 g/mol. The Hall–Kier alpha value is -2.77. The molecule has 1 aromatic rings. The summed E-state index contributed by atoms with van der Waals surface area (Å²) in [5.41, 5.74) is 0.869. The third kappa shape index (κ3) is 7.00. The lowest BCUT2D eigenvalue weighted by atomic mass is 10.1. The molecule has 26 heavy (non-hydrogen) atoms.